The van der Waals surface area contributed by atoms with Gasteiger partial charge in [-0.2, -0.15) is 0 Å². The monoisotopic (exact) mass is 238 g/mol. The first-order valence-corrected chi connectivity index (χ1v) is 7.64. The van der Waals surface area contributed by atoms with Gasteiger partial charge in [0.25, 0.3) is 0 Å². The molecule has 1 saturated carbocycles. The van der Waals surface area contributed by atoms with Crippen LogP contribution in [0.1, 0.15) is 52.9 Å². The summed E-state index contributed by atoms with van der Waals surface area (Å²) in [6, 6.07) is 1.50. The summed E-state index contributed by atoms with van der Waals surface area (Å²) >= 11 is 0. The predicted molar refractivity (Wildman–Crippen MR) is 74.2 cm³/mol. The van der Waals surface area contributed by atoms with E-state index >= 15 is 0 Å². The lowest BCUT2D eigenvalue weighted by Crippen LogP contribution is -2.46. The standard InChI is InChI=1S/C15H30N2/c1-12-6-7-15(13(2)10-12)16-11-14(3)17-8-4-5-9-17/h12-16H,4-11H2,1-3H3. The Bertz CT molecular complexity index is 223. The SMILES string of the molecule is CC1CCC(NCC(C)N2CCCC2)C(C)C1. The Morgan fingerprint density at radius 1 is 1.18 bits per heavy atom. The van der Waals surface area contributed by atoms with E-state index in [2.05, 4.69) is 31.0 Å². The van der Waals surface area contributed by atoms with Crippen molar-refractivity contribution in [3.05, 3.63) is 0 Å². The van der Waals surface area contributed by atoms with Crippen molar-refractivity contribution in [3.8, 4) is 0 Å². The van der Waals surface area contributed by atoms with Gasteiger partial charge in [0.15, 0.2) is 0 Å². The highest BCUT2D eigenvalue weighted by molar-refractivity contribution is 4.83. The van der Waals surface area contributed by atoms with Crippen LogP contribution in [-0.4, -0.2) is 36.6 Å². The maximum absolute atomic E-state index is 3.83. The molecule has 0 amide bonds. The molecule has 4 atom stereocenters. The molecule has 2 fully saturated rings. The average molecular weight is 238 g/mol. The molecule has 2 aliphatic rings. The minimum absolute atomic E-state index is 0.726. The Kier molecular flexibility index (Phi) is 4.87. The lowest BCUT2D eigenvalue weighted by molar-refractivity contribution is 0.198. The summed E-state index contributed by atoms with van der Waals surface area (Å²) in [5.74, 6) is 1.81. The van der Waals surface area contributed by atoms with Crippen molar-refractivity contribution in [3.63, 3.8) is 0 Å². The Labute approximate surface area is 107 Å². The average Bonchev–Trinajstić information content (AvgIpc) is 2.81. The Balaban J connectivity index is 1.70. The van der Waals surface area contributed by atoms with Crippen molar-refractivity contribution in [1.82, 2.24) is 10.2 Å². The Hall–Kier alpha value is -0.0800. The molecule has 0 aromatic carbocycles. The maximum Gasteiger partial charge on any atom is 0.0192 e. The van der Waals surface area contributed by atoms with Gasteiger partial charge >= 0.3 is 0 Å². The fourth-order valence-electron chi connectivity index (χ4n) is 3.60. The van der Waals surface area contributed by atoms with Crippen molar-refractivity contribution in [1.29, 1.82) is 0 Å². The second-order valence-electron chi connectivity index (χ2n) is 6.50. The molecular formula is C15H30N2. The summed E-state index contributed by atoms with van der Waals surface area (Å²) in [4.78, 5) is 2.64. The van der Waals surface area contributed by atoms with Crippen LogP contribution in [0.3, 0.4) is 0 Å². The van der Waals surface area contributed by atoms with E-state index in [-0.39, 0.29) is 0 Å². The fourth-order valence-corrected chi connectivity index (χ4v) is 3.60. The lowest BCUT2D eigenvalue weighted by atomic mass is 9.80. The molecule has 1 saturated heterocycles. The van der Waals surface area contributed by atoms with E-state index in [1.165, 1.54) is 51.7 Å². The molecule has 1 aliphatic carbocycles. The first-order valence-electron chi connectivity index (χ1n) is 7.64. The van der Waals surface area contributed by atoms with Crippen LogP contribution in [0, 0.1) is 11.8 Å². The Morgan fingerprint density at radius 3 is 2.53 bits per heavy atom. The van der Waals surface area contributed by atoms with Crippen molar-refractivity contribution >= 4 is 0 Å². The largest absolute Gasteiger partial charge is 0.312 e. The summed E-state index contributed by atoms with van der Waals surface area (Å²) < 4.78 is 0. The van der Waals surface area contributed by atoms with Crippen molar-refractivity contribution in [2.75, 3.05) is 19.6 Å². The van der Waals surface area contributed by atoms with E-state index in [4.69, 9.17) is 0 Å². The van der Waals surface area contributed by atoms with Crippen LogP contribution < -0.4 is 5.32 Å². The molecule has 0 spiro atoms. The van der Waals surface area contributed by atoms with E-state index in [9.17, 15) is 0 Å². The number of rotatable bonds is 4. The highest BCUT2D eigenvalue weighted by Crippen LogP contribution is 2.28. The zero-order chi connectivity index (χ0) is 12.3. The zero-order valence-electron chi connectivity index (χ0n) is 11.9. The summed E-state index contributed by atoms with van der Waals surface area (Å²) in [7, 11) is 0. The molecule has 17 heavy (non-hydrogen) atoms. The first kappa shape index (κ1) is 13.4. The predicted octanol–water partition coefficient (Wildman–Crippen LogP) is 2.89. The zero-order valence-corrected chi connectivity index (χ0v) is 11.9. The molecule has 1 aliphatic heterocycles. The van der Waals surface area contributed by atoms with Crippen molar-refractivity contribution in [2.24, 2.45) is 11.8 Å². The summed E-state index contributed by atoms with van der Waals surface area (Å²) in [6.07, 6.45) is 7.02. The molecule has 1 heterocycles. The second kappa shape index (κ2) is 6.19. The minimum Gasteiger partial charge on any atom is -0.312 e. The van der Waals surface area contributed by atoms with Gasteiger partial charge in [0, 0.05) is 18.6 Å². The van der Waals surface area contributed by atoms with E-state index in [0.717, 1.165) is 23.9 Å². The third-order valence-electron chi connectivity index (χ3n) is 4.87. The smallest absolute Gasteiger partial charge is 0.0192 e. The number of nitrogens with one attached hydrogen (secondary N) is 1. The summed E-state index contributed by atoms with van der Waals surface area (Å²) in [5, 5.41) is 3.83. The first-order chi connectivity index (χ1) is 8.16. The number of hydrogen-bond acceptors (Lipinski definition) is 2. The molecule has 4 unspecified atom stereocenters. The van der Waals surface area contributed by atoms with E-state index in [0.29, 0.717) is 0 Å². The number of hydrogen-bond donors (Lipinski definition) is 1. The highest BCUT2D eigenvalue weighted by Gasteiger charge is 2.26. The van der Waals surface area contributed by atoms with Crippen LogP contribution in [0.15, 0.2) is 0 Å². The van der Waals surface area contributed by atoms with Gasteiger partial charge in [-0.05, 0) is 64.0 Å². The third kappa shape index (κ3) is 3.69. The minimum atomic E-state index is 0.726. The van der Waals surface area contributed by atoms with Crippen molar-refractivity contribution < 1.29 is 0 Å². The van der Waals surface area contributed by atoms with Crippen LogP contribution in [0.4, 0.5) is 0 Å². The Morgan fingerprint density at radius 2 is 1.88 bits per heavy atom. The van der Waals surface area contributed by atoms with Gasteiger partial charge in [-0.3, -0.25) is 4.90 Å². The molecule has 0 aromatic rings. The molecule has 2 rings (SSSR count). The fraction of sp³-hybridized carbons (Fsp3) is 1.00. The lowest BCUT2D eigenvalue weighted by Gasteiger charge is -2.35. The number of nitrogens with zero attached hydrogens (tertiary/aromatic N) is 1. The normalized spacial score (nSPS) is 37.2. The molecule has 0 aromatic heterocycles. The van der Waals surface area contributed by atoms with Gasteiger partial charge in [0.05, 0.1) is 0 Å². The van der Waals surface area contributed by atoms with Crippen LogP contribution >= 0.6 is 0 Å². The van der Waals surface area contributed by atoms with Gasteiger partial charge in [-0.15, -0.1) is 0 Å². The molecule has 2 heteroatoms. The molecular weight excluding hydrogens is 208 g/mol. The van der Waals surface area contributed by atoms with Crippen LogP contribution in [0.25, 0.3) is 0 Å². The maximum atomic E-state index is 3.83. The number of likely N-dealkylation sites (tertiary alicyclic amines) is 1. The summed E-state index contributed by atoms with van der Waals surface area (Å²) in [6.45, 7) is 11.0. The molecule has 2 nitrogen and oxygen atoms in total. The second-order valence-corrected chi connectivity index (χ2v) is 6.50. The van der Waals surface area contributed by atoms with Gasteiger partial charge < -0.3 is 5.32 Å². The summed E-state index contributed by atoms with van der Waals surface area (Å²) in [5.41, 5.74) is 0. The van der Waals surface area contributed by atoms with Crippen molar-refractivity contribution in [2.45, 2.75) is 65.0 Å². The topological polar surface area (TPSA) is 15.3 Å². The van der Waals surface area contributed by atoms with Gasteiger partial charge in [-0.25, -0.2) is 0 Å². The quantitative estimate of drug-likeness (QED) is 0.810. The van der Waals surface area contributed by atoms with Gasteiger partial charge in [0.2, 0.25) is 0 Å². The molecule has 100 valence electrons. The molecule has 1 N–H and O–H groups in total. The van der Waals surface area contributed by atoms with Gasteiger partial charge in [-0.1, -0.05) is 13.8 Å². The van der Waals surface area contributed by atoms with E-state index < -0.39 is 0 Å². The van der Waals surface area contributed by atoms with Crippen LogP contribution in [0.5, 0.6) is 0 Å². The molecule has 0 radical (unpaired) electrons. The van der Waals surface area contributed by atoms with E-state index in [1.807, 2.05) is 0 Å². The van der Waals surface area contributed by atoms with Gasteiger partial charge in [0.1, 0.15) is 0 Å². The highest BCUT2D eigenvalue weighted by atomic mass is 15.2. The third-order valence-corrected chi connectivity index (χ3v) is 4.87. The van der Waals surface area contributed by atoms with E-state index in [1.54, 1.807) is 0 Å². The molecule has 0 bridgehead atoms. The van der Waals surface area contributed by atoms with Crippen LogP contribution in [-0.2, 0) is 0 Å². The van der Waals surface area contributed by atoms with Crippen LogP contribution in [0.2, 0.25) is 0 Å².